The molecule has 0 aromatic carbocycles. The van der Waals surface area contributed by atoms with Crippen LogP contribution < -0.4 is 5.73 Å². The second-order valence-corrected chi connectivity index (χ2v) is 5.13. The normalized spacial score (nSPS) is 18.9. The largest absolute Gasteiger partial charge is 0.325 e. The lowest BCUT2D eigenvalue weighted by atomic mass is 10.1. The molecule has 0 atom stereocenters. The fourth-order valence-corrected chi connectivity index (χ4v) is 2.50. The van der Waals surface area contributed by atoms with Gasteiger partial charge in [-0.2, -0.15) is 0 Å². The average Bonchev–Trinajstić information content (AvgIpc) is 2.69. The summed E-state index contributed by atoms with van der Waals surface area (Å²) in [5.41, 5.74) is 7.73. The molecule has 2 rings (SSSR count). The van der Waals surface area contributed by atoms with E-state index in [4.69, 9.17) is 5.73 Å². The Morgan fingerprint density at radius 2 is 2.31 bits per heavy atom. The van der Waals surface area contributed by atoms with E-state index >= 15 is 0 Å². The van der Waals surface area contributed by atoms with Gasteiger partial charge >= 0.3 is 0 Å². The summed E-state index contributed by atoms with van der Waals surface area (Å²) in [6.07, 6.45) is 5.99. The summed E-state index contributed by atoms with van der Waals surface area (Å²) >= 11 is 1.89. The first-order valence-corrected chi connectivity index (χ1v) is 5.95. The molecule has 2 heteroatoms. The number of hydrogen-bond donors (Lipinski definition) is 1. The molecule has 0 aliphatic heterocycles. The quantitative estimate of drug-likeness (QED) is 0.785. The highest BCUT2D eigenvalue weighted by Gasteiger charge is 2.37. The fourth-order valence-electron chi connectivity index (χ4n) is 1.53. The molecule has 0 spiro atoms. The fraction of sp³-hybridized carbons (Fsp3) is 0.636. The summed E-state index contributed by atoms with van der Waals surface area (Å²) in [7, 11) is 0. The molecule has 1 aliphatic rings. The van der Waals surface area contributed by atoms with Gasteiger partial charge in [-0.25, -0.2) is 0 Å². The molecule has 1 aromatic heterocycles. The van der Waals surface area contributed by atoms with Crippen LogP contribution in [-0.2, 0) is 12.8 Å². The summed E-state index contributed by atoms with van der Waals surface area (Å²) < 4.78 is 0. The van der Waals surface area contributed by atoms with Gasteiger partial charge in [0.2, 0.25) is 0 Å². The third-order valence-corrected chi connectivity index (χ3v) is 3.92. The molecule has 0 bridgehead atoms. The number of aryl methyl sites for hydroxylation is 2. The Hall–Kier alpha value is -0.340. The number of nitrogens with two attached hydrogens (primary N) is 1. The van der Waals surface area contributed by atoms with Crippen molar-refractivity contribution in [3.63, 3.8) is 0 Å². The van der Waals surface area contributed by atoms with Crippen molar-refractivity contribution in [3.05, 3.63) is 21.9 Å². The number of rotatable bonds is 4. The van der Waals surface area contributed by atoms with E-state index in [1.165, 1.54) is 36.1 Å². The number of hydrogen-bond acceptors (Lipinski definition) is 2. The lowest BCUT2D eigenvalue weighted by molar-refractivity contribution is 0.612. The van der Waals surface area contributed by atoms with Gasteiger partial charge in [-0.15, -0.1) is 11.3 Å². The zero-order valence-corrected chi connectivity index (χ0v) is 8.99. The molecule has 0 saturated heterocycles. The Balaban J connectivity index is 1.87. The van der Waals surface area contributed by atoms with Crippen molar-refractivity contribution in [3.8, 4) is 0 Å². The van der Waals surface area contributed by atoms with E-state index in [9.17, 15) is 0 Å². The summed E-state index contributed by atoms with van der Waals surface area (Å²) in [6.45, 7) is 2.21. The summed E-state index contributed by atoms with van der Waals surface area (Å²) in [6, 6.07) is 2.33. The van der Waals surface area contributed by atoms with Crippen LogP contribution in [0.25, 0.3) is 0 Å². The maximum atomic E-state index is 6.04. The summed E-state index contributed by atoms with van der Waals surface area (Å²) in [5, 5.41) is 2.27. The van der Waals surface area contributed by atoms with Crippen molar-refractivity contribution in [2.45, 2.75) is 44.6 Å². The maximum Gasteiger partial charge on any atom is 0.0159 e. The molecule has 0 unspecified atom stereocenters. The van der Waals surface area contributed by atoms with Crippen LogP contribution in [0.5, 0.6) is 0 Å². The molecule has 1 nitrogen and oxygen atoms in total. The second kappa shape index (κ2) is 3.43. The van der Waals surface area contributed by atoms with Gasteiger partial charge in [-0.1, -0.05) is 6.92 Å². The van der Waals surface area contributed by atoms with E-state index in [0.717, 1.165) is 6.42 Å². The Morgan fingerprint density at radius 1 is 1.54 bits per heavy atom. The average molecular weight is 195 g/mol. The minimum Gasteiger partial charge on any atom is -0.325 e. The molecular formula is C11H17NS. The van der Waals surface area contributed by atoms with E-state index < -0.39 is 0 Å². The van der Waals surface area contributed by atoms with Crippen molar-refractivity contribution in [1.29, 1.82) is 0 Å². The van der Waals surface area contributed by atoms with Gasteiger partial charge in [0, 0.05) is 10.4 Å². The van der Waals surface area contributed by atoms with Crippen molar-refractivity contribution >= 4 is 11.3 Å². The topological polar surface area (TPSA) is 26.0 Å². The van der Waals surface area contributed by atoms with Crippen molar-refractivity contribution < 1.29 is 0 Å². The van der Waals surface area contributed by atoms with E-state index in [2.05, 4.69) is 18.4 Å². The third-order valence-electron chi connectivity index (χ3n) is 2.88. The summed E-state index contributed by atoms with van der Waals surface area (Å²) in [4.78, 5) is 1.51. The van der Waals surface area contributed by atoms with Crippen LogP contribution in [0.2, 0.25) is 0 Å². The molecule has 1 heterocycles. The molecule has 2 N–H and O–H groups in total. The first-order valence-electron chi connectivity index (χ1n) is 5.07. The highest BCUT2D eigenvalue weighted by molar-refractivity contribution is 7.10. The van der Waals surface area contributed by atoms with Gasteiger partial charge in [0.1, 0.15) is 0 Å². The van der Waals surface area contributed by atoms with Gasteiger partial charge in [0.15, 0.2) is 0 Å². The monoisotopic (exact) mass is 195 g/mol. The minimum atomic E-state index is 0.219. The zero-order chi connectivity index (χ0) is 9.31. The molecule has 0 radical (unpaired) electrons. The molecule has 1 aliphatic carbocycles. The smallest absolute Gasteiger partial charge is 0.0159 e. The van der Waals surface area contributed by atoms with Gasteiger partial charge in [0.25, 0.3) is 0 Å². The Morgan fingerprint density at radius 3 is 2.85 bits per heavy atom. The molecule has 1 aromatic rings. The van der Waals surface area contributed by atoms with Crippen LogP contribution in [0, 0.1) is 0 Å². The number of thiophene rings is 1. The lowest BCUT2D eigenvalue weighted by Crippen LogP contribution is -2.21. The van der Waals surface area contributed by atoms with E-state index in [1.807, 2.05) is 11.3 Å². The minimum absolute atomic E-state index is 0.219. The third kappa shape index (κ3) is 2.32. The van der Waals surface area contributed by atoms with Gasteiger partial charge in [-0.3, -0.25) is 0 Å². The van der Waals surface area contributed by atoms with E-state index in [1.54, 1.807) is 0 Å². The Kier molecular flexibility index (Phi) is 2.43. The highest BCUT2D eigenvalue weighted by atomic mass is 32.1. The van der Waals surface area contributed by atoms with E-state index in [0.29, 0.717) is 0 Å². The van der Waals surface area contributed by atoms with Gasteiger partial charge in [0.05, 0.1) is 0 Å². The van der Waals surface area contributed by atoms with Crippen molar-refractivity contribution in [2.75, 3.05) is 0 Å². The highest BCUT2D eigenvalue weighted by Crippen LogP contribution is 2.37. The van der Waals surface area contributed by atoms with Crippen LogP contribution in [0.15, 0.2) is 11.4 Å². The predicted molar refractivity (Wildman–Crippen MR) is 58.2 cm³/mol. The molecule has 13 heavy (non-hydrogen) atoms. The van der Waals surface area contributed by atoms with Crippen molar-refractivity contribution in [2.24, 2.45) is 5.73 Å². The Bertz CT molecular complexity index is 286. The predicted octanol–water partition coefficient (Wildman–Crippen LogP) is 2.73. The van der Waals surface area contributed by atoms with Crippen LogP contribution in [0.1, 0.15) is 36.6 Å². The Labute approximate surface area is 84.0 Å². The van der Waals surface area contributed by atoms with Crippen LogP contribution in [0.4, 0.5) is 0 Å². The second-order valence-electron chi connectivity index (χ2n) is 4.14. The standard InChI is InChI=1S/C11H17NS/c1-2-9-7-10(13-8-9)3-4-11(12)5-6-11/h7-8H,2-6,12H2,1H3. The molecule has 1 fully saturated rings. The molecule has 1 saturated carbocycles. The van der Waals surface area contributed by atoms with E-state index in [-0.39, 0.29) is 5.54 Å². The van der Waals surface area contributed by atoms with Crippen LogP contribution in [0.3, 0.4) is 0 Å². The molecular weight excluding hydrogens is 178 g/mol. The lowest BCUT2D eigenvalue weighted by Gasteiger charge is -2.05. The SMILES string of the molecule is CCc1csc(CCC2(N)CC2)c1. The van der Waals surface area contributed by atoms with Gasteiger partial charge in [-0.05, 0) is 49.1 Å². The van der Waals surface area contributed by atoms with Crippen LogP contribution >= 0.6 is 11.3 Å². The molecule has 0 amide bonds. The maximum absolute atomic E-state index is 6.04. The van der Waals surface area contributed by atoms with Crippen LogP contribution in [-0.4, -0.2) is 5.54 Å². The van der Waals surface area contributed by atoms with Crippen molar-refractivity contribution in [1.82, 2.24) is 0 Å². The zero-order valence-electron chi connectivity index (χ0n) is 8.18. The first-order chi connectivity index (χ1) is 6.22. The van der Waals surface area contributed by atoms with Gasteiger partial charge < -0.3 is 5.73 Å². The first kappa shape index (κ1) is 9.22. The summed E-state index contributed by atoms with van der Waals surface area (Å²) in [5.74, 6) is 0. The molecule has 72 valence electrons.